The molecule has 1 aromatic rings. The predicted octanol–water partition coefficient (Wildman–Crippen LogP) is -1.33. The van der Waals surface area contributed by atoms with E-state index in [-0.39, 0.29) is 5.69 Å². The van der Waals surface area contributed by atoms with Crippen LogP contribution in [0, 0.1) is 0 Å². The molecular weight excluding hydrogens is 124 g/mol. The van der Waals surface area contributed by atoms with Crippen LogP contribution in [0.5, 0.6) is 0 Å². The lowest BCUT2D eigenvalue weighted by molar-refractivity contribution is 0.0944. The van der Waals surface area contributed by atoms with E-state index in [0.717, 1.165) is 0 Å². The minimum absolute atomic E-state index is 0.0671. The fourth-order valence-electron chi connectivity index (χ4n) is 0.339. The maximum atomic E-state index is 10.5. The molecule has 0 bridgehead atoms. The van der Waals surface area contributed by atoms with Crippen molar-refractivity contribution >= 4 is 5.91 Å². The number of nitrogens with zero attached hydrogens (tertiary/aromatic N) is 2. The van der Waals surface area contributed by atoms with Gasteiger partial charge in [0.05, 0.1) is 0 Å². The van der Waals surface area contributed by atoms with Crippen LogP contribution >= 0.6 is 0 Å². The smallest absolute Gasteiger partial charge is 0.289 e. The van der Waals surface area contributed by atoms with E-state index in [0.29, 0.717) is 0 Å². The highest BCUT2D eigenvalue weighted by Gasteiger charge is 2.05. The molecule has 0 aliphatic heterocycles. The summed E-state index contributed by atoms with van der Waals surface area (Å²) in [6.45, 7) is 0. The normalized spacial score (nSPS) is 9.00. The fourth-order valence-corrected chi connectivity index (χ4v) is 0.339. The van der Waals surface area contributed by atoms with Crippen molar-refractivity contribution in [3.05, 3.63) is 11.9 Å². The van der Waals surface area contributed by atoms with Gasteiger partial charge in [-0.15, -0.1) is 0 Å². The van der Waals surface area contributed by atoms with Gasteiger partial charge in [-0.1, -0.05) is 5.16 Å². The summed E-state index contributed by atoms with van der Waals surface area (Å²) in [4.78, 5) is 10.5. The molecular formula is C3H4N4O2. The number of rotatable bonds is 1. The number of hydrogen-bond acceptors (Lipinski definition) is 5. The third-order valence-electron chi connectivity index (χ3n) is 0.725. The number of hydrazine groups is 1. The summed E-state index contributed by atoms with van der Waals surface area (Å²) in [5.41, 5.74) is 1.93. The van der Waals surface area contributed by atoms with Gasteiger partial charge in [0.25, 0.3) is 5.91 Å². The number of carbonyl (C=O) groups is 1. The van der Waals surface area contributed by atoms with E-state index in [1.165, 1.54) is 6.20 Å². The zero-order chi connectivity index (χ0) is 6.69. The molecule has 3 N–H and O–H groups in total. The van der Waals surface area contributed by atoms with Crippen LogP contribution in [0.1, 0.15) is 10.5 Å². The summed E-state index contributed by atoms with van der Waals surface area (Å²) >= 11 is 0. The second-order valence-electron chi connectivity index (χ2n) is 1.27. The molecule has 0 fully saturated rings. The third-order valence-corrected chi connectivity index (χ3v) is 0.725. The number of aromatic nitrogens is 2. The SMILES string of the molecule is NNC(=O)c1cnon1. The Labute approximate surface area is 50.0 Å². The standard InChI is InChI=1S/C3H4N4O2/c4-6-3(8)2-1-5-9-7-2/h1H,4H2,(H,6,8). The Morgan fingerprint density at radius 3 is 3.11 bits per heavy atom. The average Bonchev–Trinajstić information content (AvgIpc) is 2.37. The Morgan fingerprint density at radius 1 is 1.89 bits per heavy atom. The zero-order valence-electron chi connectivity index (χ0n) is 4.37. The first kappa shape index (κ1) is 5.70. The first-order valence-electron chi connectivity index (χ1n) is 2.13. The summed E-state index contributed by atoms with van der Waals surface area (Å²) in [6.07, 6.45) is 1.17. The van der Waals surface area contributed by atoms with E-state index in [1.54, 1.807) is 0 Å². The van der Waals surface area contributed by atoms with Gasteiger partial charge in [0.2, 0.25) is 0 Å². The zero-order valence-corrected chi connectivity index (χ0v) is 4.37. The van der Waals surface area contributed by atoms with Crippen molar-refractivity contribution in [2.45, 2.75) is 0 Å². The molecule has 0 unspecified atom stereocenters. The molecule has 6 heteroatoms. The van der Waals surface area contributed by atoms with Crippen LogP contribution in [0.15, 0.2) is 10.8 Å². The molecule has 0 aromatic carbocycles. The Balaban J connectivity index is 2.77. The molecule has 1 aromatic heterocycles. The van der Waals surface area contributed by atoms with Crippen molar-refractivity contribution in [1.82, 2.24) is 15.7 Å². The van der Waals surface area contributed by atoms with Gasteiger partial charge in [-0.05, 0) is 5.16 Å². The quantitative estimate of drug-likeness (QED) is 0.277. The second kappa shape index (κ2) is 2.23. The first-order chi connectivity index (χ1) is 4.34. The summed E-state index contributed by atoms with van der Waals surface area (Å²) in [6, 6.07) is 0. The lowest BCUT2D eigenvalue weighted by Crippen LogP contribution is -2.30. The number of amides is 1. The predicted molar refractivity (Wildman–Crippen MR) is 26.0 cm³/mol. The molecule has 0 aliphatic carbocycles. The van der Waals surface area contributed by atoms with Gasteiger partial charge in [0, 0.05) is 0 Å². The van der Waals surface area contributed by atoms with Crippen LogP contribution < -0.4 is 11.3 Å². The Bertz CT molecular complexity index is 194. The van der Waals surface area contributed by atoms with Gasteiger partial charge in [0.1, 0.15) is 6.20 Å². The first-order valence-corrected chi connectivity index (χ1v) is 2.13. The van der Waals surface area contributed by atoms with E-state index in [9.17, 15) is 4.79 Å². The summed E-state index contributed by atoms with van der Waals surface area (Å²) in [5.74, 6) is 4.24. The molecule has 0 atom stereocenters. The van der Waals surface area contributed by atoms with Gasteiger partial charge in [-0.25, -0.2) is 10.5 Å². The van der Waals surface area contributed by atoms with Crippen molar-refractivity contribution < 1.29 is 9.42 Å². The lowest BCUT2D eigenvalue weighted by Gasteiger charge is -1.87. The van der Waals surface area contributed by atoms with Gasteiger partial charge in [0.15, 0.2) is 5.69 Å². The highest BCUT2D eigenvalue weighted by atomic mass is 16.6. The average molecular weight is 128 g/mol. The molecule has 48 valence electrons. The molecule has 6 nitrogen and oxygen atoms in total. The summed E-state index contributed by atoms with van der Waals surface area (Å²) in [7, 11) is 0. The largest absolute Gasteiger partial charge is 0.289 e. The van der Waals surface area contributed by atoms with Crippen LogP contribution in [0.2, 0.25) is 0 Å². The van der Waals surface area contributed by atoms with Gasteiger partial charge in [-0.2, -0.15) is 0 Å². The number of nitrogen functional groups attached to an aromatic ring is 1. The van der Waals surface area contributed by atoms with Gasteiger partial charge < -0.3 is 0 Å². The van der Waals surface area contributed by atoms with E-state index in [1.807, 2.05) is 5.43 Å². The van der Waals surface area contributed by atoms with Gasteiger partial charge >= 0.3 is 0 Å². The van der Waals surface area contributed by atoms with Crippen LogP contribution in [-0.2, 0) is 0 Å². The van der Waals surface area contributed by atoms with Gasteiger partial charge in [-0.3, -0.25) is 10.2 Å². The Hall–Kier alpha value is -1.43. The van der Waals surface area contributed by atoms with Crippen LogP contribution in [0.4, 0.5) is 0 Å². The molecule has 1 rings (SSSR count). The van der Waals surface area contributed by atoms with Crippen LogP contribution in [-0.4, -0.2) is 16.2 Å². The van der Waals surface area contributed by atoms with E-state index >= 15 is 0 Å². The molecule has 1 heterocycles. The molecule has 0 spiro atoms. The van der Waals surface area contributed by atoms with Crippen LogP contribution in [0.25, 0.3) is 0 Å². The maximum absolute atomic E-state index is 10.5. The maximum Gasteiger partial charge on any atom is 0.289 e. The van der Waals surface area contributed by atoms with Crippen molar-refractivity contribution in [1.29, 1.82) is 0 Å². The van der Waals surface area contributed by atoms with Crippen molar-refractivity contribution in [3.63, 3.8) is 0 Å². The summed E-state index contributed by atoms with van der Waals surface area (Å²) < 4.78 is 4.12. The highest BCUT2D eigenvalue weighted by Crippen LogP contribution is 1.86. The molecule has 9 heavy (non-hydrogen) atoms. The number of carbonyl (C=O) groups excluding carboxylic acids is 1. The topological polar surface area (TPSA) is 94.0 Å². The van der Waals surface area contributed by atoms with E-state index in [4.69, 9.17) is 5.84 Å². The van der Waals surface area contributed by atoms with E-state index in [2.05, 4.69) is 14.9 Å². The van der Waals surface area contributed by atoms with Crippen molar-refractivity contribution in [2.24, 2.45) is 5.84 Å². The minimum Gasteiger partial charge on any atom is -0.289 e. The third kappa shape index (κ3) is 1.03. The molecule has 0 saturated heterocycles. The highest BCUT2D eigenvalue weighted by molar-refractivity contribution is 5.91. The Kier molecular flexibility index (Phi) is 1.41. The minimum atomic E-state index is -0.517. The molecule has 0 saturated carbocycles. The summed E-state index contributed by atoms with van der Waals surface area (Å²) in [5, 5.41) is 6.40. The number of nitrogens with one attached hydrogen (secondary N) is 1. The van der Waals surface area contributed by atoms with Crippen LogP contribution in [0.3, 0.4) is 0 Å². The number of hydrogen-bond donors (Lipinski definition) is 2. The number of nitrogens with two attached hydrogens (primary N) is 1. The van der Waals surface area contributed by atoms with Crippen molar-refractivity contribution in [3.8, 4) is 0 Å². The van der Waals surface area contributed by atoms with E-state index < -0.39 is 5.91 Å². The molecule has 0 radical (unpaired) electrons. The fraction of sp³-hybridized carbons (Fsp3) is 0. The monoisotopic (exact) mass is 128 g/mol. The molecule has 0 aliphatic rings. The van der Waals surface area contributed by atoms with Crippen molar-refractivity contribution in [2.75, 3.05) is 0 Å². The second-order valence-corrected chi connectivity index (χ2v) is 1.27. The lowest BCUT2D eigenvalue weighted by atomic mass is 10.5. The Morgan fingerprint density at radius 2 is 2.67 bits per heavy atom. The molecule has 1 amide bonds.